The fourth-order valence-corrected chi connectivity index (χ4v) is 3.36. The summed E-state index contributed by atoms with van der Waals surface area (Å²) in [4.78, 5) is 0. The Kier molecular flexibility index (Phi) is 3.33. The summed E-state index contributed by atoms with van der Waals surface area (Å²) in [6.07, 6.45) is 1.01. The minimum absolute atomic E-state index is 0.0726. The summed E-state index contributed by atoms with van der Waals surface area (Å²) in [6.45, 7) is 4.45. The number of anilines is 1. The Labute approximate surface area is 127 Å². The van der Waals surface area contributed by atoms with Crippen molar-refractivity contribution in [1.29, 1.82) is 0 Å². The highest BCUT2D eigenvalue weighted by Gasteiger charge is 2.38. The molecule has 0 amide bonds. The lowest BCUT2D eigenvalue weighted by molar-refractivity contribution is 0.336. The number of fused-ring (bicyclic) bond motifs is 1. The van der Waals surface area contributed by atoms with E-state index in [-0.39, 0.29) is 17.3 Å². The molecule has 0 aliphatic heterocycles. The average Bonchev–Trinajstić information content (AvgIpc) is 2.63. The van der Waals surface area contributed by atoms with Crippen molar-refractivity contribution in [3.8, 4) is 0 Å². The van der Waals surface area contributed by atoms with Crippen LogP contribution in [0.15, 0.2) is 46.9 Å². The van der Waals surface area contributed by atoms with Gasteiger partial charge in [-0.25, -0.2) is 4.39 Å². The maximum atomic E-state index is 14.0. The number of nitrogens with one attached hydrogen (secondary N) is 1. The molecule has 0 spiro atoms. The predicted molar refractivity (Wildman–Crippen MR) is 84.4 cm³/mol. The number of hydrogen-bond acceptors (Lipinski definition) is 1. The summed E-state index contributed by atoms with van der Waals surface area (Å²) in [7, 11) is 0. The summed E-state index contributed by atoms with van der Waals surface area (Å²) in [6, 6.07) is 13.7. The van der Waals surface area contributed by atoms with Gasteiger partial charge in [0, 0.05) is 4.47 Å². The van der Waals surface area contributed by atoms with Crippen molar-refractivity contribution in [3.05, 3.63) is 63.9 Å². The maximum Gasteiger partial charge on any atom is 0.147 e. The molecule has 1 N–H and O–H groups in total. The molecule has 1 aliphatic carbocycles. The first-order chi connectivity index (χ1) is 9.47. The van der Waals surface area contributed by atoms with Crippen LogP contribution in [0.2, 0.25) is 0 Å². The number of benzene rings is 2. The SMILES string of the molecule is CC1(C)Cc2ccccc2C1Nc1ccc(Br)cc1F. The highest BCUT2D eigenvalue weighted by molar-refractivity contribution is 9.10. The van der Waals surface area contributed by atoms with Crippen molar-refractivity contribution in [2.45, 2.75) is 26.3 Å². The number of halogens is 2. The molecule has 0 bridgehead atoms. The lowest BCUT2D eigenvalue weighted by Crippen LogP contribution is -2.24. The van der Waals surface area contributed by atoms with E-state index in [4.69, 9.17) is 0 Å². The van der Waals surface area contributed by atoms with Crippen molar-refractivity contribution in [2.75, 3.05) is 5.32 Å². The molecular formula is C17H17BrFN. The highest BCUT2D eigenvalue weighted by atomic mass is 79.9. The quantitative estimate of drug-likeness (QED) is 0.783. The third-order valence-corrected chi connectivity index (χ3v) is 4.52. The van der Waals surface area contributed by atoms with Gasteiger partial charge in [-0.1, -0.05) is 54.0 Å². The second kappa shape index (κ2) is 4.88. The molecule has 0 heterocycles. The molecule has 0 radical (unpaired) electrons. The maximum absolute atomic E-state index is 14.0. The Morgan fingerprint density at radius 3 is 2.70 bits per heavy atom. The van der Waals surface area contributed by atoms with E-state index in [9.17, 15) is 4.39 Å². The van der Waals surface area contributed by atoms with Crippen molar-refractivity contribution in [3.63, 3.8) is 0 Å². The summed E-state index contributed by atoms with van der Waals surface area (Å²) >= 11 is 3.29. The minimum Gasteiger partial charge on any atom is -0.375 e. The first-order valence-electron chi connectivity index (χ1n) is 6.77. The van der Waals surface area contributed by atoms with Crippen LogP contribution in [0.3, 0.4) is 0 Å². The third kappa shape index (κ3) is 2.35. The van der Waals surface area contributed by atoms with Crippen LogP contribution >= 0.6 is 15.9 Å². The topological polar surface area (TPSA) is 12.0 Å². The van der Waals surface area contributed by atoms with Crippen molar-refractivity contribution >= 4 is 21.6 Å². The Morgan fingerprint density at radius 2 is 1.95 bits per heavy atom. The molecular weight excluding hydrogens is 317 g/mol. The molecule has 2 aromatic carbocycles. The van der Waals surface area contributed by atoms with Crippen molar-refractivity contribution < 1.29 is 4.39 Å². The Hall–Kier alpha value is -1.35. The molecule has 1 nitrogen and oxygen atoms in total. The van der Waals surface area contributed by atoms with Crippen LogP contribution in [-0.2, 0) is 6.42 Å². The van der Waals surface area contributed by atoms with E-state index >= 15 is 0 Å². The second-order valence-electron chi connectivity index (χ2n) is 6.07. The fraction of sp³-hybridized carbons (Fsp3) is 0.294. The van der Waals surface area contributed by atoms with Gasteiger partial charge in [0.2, 0.25) is 0 Å². The smallest absolute Gasteiger partial charge is 0.147 e. The van der Waals surface area contributed by atoms with Gasteiger partial charge in [0.05, 0.1) is 11.7 Å². The highest BCUT2D eigenvalue weighted by Crippen LogP contribution is 2.47. The minimum atomic E-state index is -0.223. The summed E-state index contributed by atoms with van der Waals surface area (Å²) < 4.78 is 14.8. The molecule has 2 aromatic rings. The average molecular weight is 334 g/mol. The zero-order valence-electron chi connectivity index (χ0n) is 11.6. The first-order valence-corrected chi connectivity index (χ1v) is 7.56. The second-order valence-corrected chi connectivity index (χ2v) is 6.98. The van der Waals surface area contributed by atoms with E-state index in [1.165, 1.54) is 17.2 Å². The van der Waals surface area contributed by atoms with E-state index in [1.54, 1.807) is 6.07 Å². The summed E-state index contributed by atoms with van der Waals surface area (Å²) in [5.74, 6) is -0.223. The normalized spacial score (nSPS) is 19.7. The molecule has 0 saturated carbocycles. The van der Waals surface area contributed by atoms with Gasteiger partial charge < -0.3 is 5.32 Å². The fourth-order valence-electron chi connectivity index (χ4n) is 3.03. The molecule has 3 rings (SSSR count). The van der Waals surface area contributed by atoms with Crippen LogP contribution in [-0.4, -0.2) is 0 Å². The lowest BCUT2D eigenvalue weighted by Gasteiger charge is -2.29. The van der Waals surface area contributed by atoms with Crippen LogP contribution in [0.5, 0.6) is 0 Å². The monoisotopic (exact) mass is 333 g/mol. The van der Waals surface area contributed by atoms with E-state index in [2.05, 4.69) is 53.3 Å². The summed E-state index contributed by atoms with van der Waals surface area (Å²) in [5, 5.41) is 3.39. The largest absolute Gasteiger partial charge is 0.375 e. The van der Waals surface area contributed by atoms with Crippen LogP contribution < -0.4 is 5.32 Å². The molecule has 0 saturated heterocycles. The van der Waals surface area contributed by atoms with Gasteiger partial charge in [-0.05, 0) is 41.2 Å². The van der Waals surface area contributed by atoms with E-state index < -0.39 is 0 Å². The van der Waals surface area contributed by atoms with Gasteiger partial charge in [0.15, 0.2) is 0 Å². The van der Waals surface area contributed by atoms with Gasteiger partial charge in [-0.3, -0.25) is 0 Å². The number of rotatable bonds is 2. The molecule has 3 heteroatoms. The van der Waals surface area contributed by atoms with Crippen LogP contribution in [0.1, 0.15) is 31.0 Å². The molecule has 1 atom stereocenters. The first kappa shape index (κ1) is 13.6. The van der Waals surface area contributed by atoms with Crippen molar-refractivity contribution in [1.82, 2.24) is 0 Å². The molecule has 0 fully saturated rings. The Bertz CT molecular complexity index is 651. The Morgan fingerprint density at radius 1 is 1.20 bits per heavy atom. The van der Waals surface area contributed by atoms with E-state index in [0.717, 1.165) is 10.9 Å². The predicted octanol–water partition coefficient (Wildman–Crippen LogP) is 5.32. The van der Waals surface area contributed by atoms with Crippen LogP contribution in [0.25, 0.3) is 0 Å². The standard InChI is InChI=1S/C17H17BrFN/c1-17(2)10-11-5-3-4-6-13(11)16(17)20-15-8-7-12(18)9-14(15)19/h3-9,16,20H,10H2,1-2H3. The molecule has 104 valence electrons. The molecule has 0 aromatic heterocycles. The zero-order chi connectivity index (χ0) is 14.3. The molecule has 1 unspecified atom stereocenters. The van der Waals surface area contributed by atoms with E-state index in [0.29, 0.717) is 5.69 Å². The van der Waals surface area contributed by atoms with Crippen LogP contribution in [0.4, 0.5) is 10.1 Å². The van der Waals surface area contributed by atoms with Gasteiger partial charge in [-0.15, -0.1) is 0 Å². The molecule has 1 aliphatic rings. The van der Waals surface area contributed by atoms with E-state index in [1.807, 2.05) is 12.1 Å². The number of hydrogen-bond donors (Lipinski definition) is 1. The van der Waals surface area contributed by atoms with Crippen LogP contribution in [0, 0.1) is 11.2 Å². The van der Waals surface area contributed by atoms with Gasteiger partial charge in [-0.2, -0.15) is 0 Å². The van der Waals surface area contributed by atoms with Gasteiger partial charge >= 0.3 is 0 Å². The van der Waals surface area contributed by atoms with Gasteiger partial charge in [0.1, 0.15) is 5.82 Å². The Balaban J connectivity index is 1.97. The lowest BCUT2D eigenvalue weighted by atomic mass is 9.85. The molecule has 20 heavy (non-hydrogen) atoms. The van der Waals surface area contributed by atoms with Crippen molar-refractivity contribution in [2.24, 2.45) is 5.41 Å². The van der Waals surface area contributed by atoms with Gasteiger partial charge in [0.25, 0.3) is 0 Å². The summed E-state index contributed by atoms with van der Waals surface area (Å²) in [5.41, 5.74) is 3.26. The third-order valence-electron chi connectivity index (χ3n) is 4.02. The zero-order valence-corrected chi connectivity index (χ0v) is 13.2.